The number of hydrogen-bond donors (Lipinski definition) is 2. The van der Waals surface area contributed by atoms with Crippen LogP contribution in [0.15, 0.2) is 24.3 Å². The zero-order valence-corrected chi connectivity index (χ0v) is 13.5. The summed E-state index contributed by atoms with van der Waals surface area (Å²) in [7, 11) is 1.36. The van der Waals surface area contributed by atoms with Crippen molar-refractivity contribution in [2.45, 2.75) is 19.3 Å². The Morgan fingerprint density at radius 1 is 1.26 bits per heavy atom. The van der Waals surface area contributed by atoms with Crippen LogP contribution in [0.3, 0.4) is 0 Å². The van der Waals surface area contributed by atoms with Gasteiger partial charge >= 0.3 is 5.97 Å². The molecule has 0 aromatic heterocycles. The fraction of sp³-hybridized carbons (Fsp3) is 0.529. The van der Waals surface area contributed by atoms with Crippen LogP contribution in [0.1, 0.15) is 28.8 Å². The molecule has 126 valence electrons. The van der Waals surface area contributed by atoms with Gasteiger partial charge in [0.15, 0.2) is 0 Å². The van der Waals surface area contributed by atoms with Crippen LogP contribution in [0.2, 0.25) is 0 Å². The van der Waals surface area contributed by atoms with Crippen molar-refractivity contribution in [1.29, 1.82) is 0 Å². The van der Waals surface area contributed by atoms with Gasteiger partial charge < -0.3 is 20.5 Å². The second kappa shape index (κ2) is 8.08. The van der Waals surface area contributed by atoms with Gasteiger partial charge in [0.05, 0.1) is 18.1 Å². The molecule has 6 heteroatoms. The second-order valence-corrected chi connectivity index (χ2v) is 5.79. The Bertz CT molecular complexity index is 536. The van der Waals surface area contributed by atoms with E-state index in [0.717, 1.165) is 5.56 Å². The molecule has 23 heavy (non-hydrogen) atoms. The van der Waals surface area contributed by atoms with E-state index in [2.05, 4.69) is 10.1 Å². The molecule has 1 fully saturated rings. The van der Waals surface area contributed by atoms with Crippen LogP contribution in [0.5, 0.6) is 0 Å². The third-order valence-electron chi connectivity index (χ3n) is 4.40. The number of carbonyl (C=O) groups excluding carboxylic acids is 2. The summed E-state index contributed by atoms with van der Waals surface area (Å²) in [5, 5.41) is 2.98. The lowest BCUT2D eigenvalue weighted by atomic mass is 9.79. The molecule has 0 atom stereocenters. The normalized spacial score (nSPS) is 16.6. The highest BCUT2D eigenvalue weighted by molar-refractivity contribution is 5.89. The monoisotopic (exact) mass is 320 g/mol. The molecule has 6 nitrogen and oxygen atoms in total. The zero-order valence-electron chi connectivity index (χ0n) is 13.5. The van der Waals surface area contributed by atoms with Gasteiger partial charge in [0.2, 0.25) is 5.91 Å². The van der Waals surface area contributed by atoms with E-state index in [1.54, 1.807) is 12.1 Å². The Kier molecular flexibility index (Phi) is 6.12. The third kappa shape index (κ3) is 4.30. The molecule has 0 bridgehead atoms. The summed E-state index contributed by atoms with van der Waals surface area (Å²) in [5.41, 5.74) is 6.89. The first-order valence-electron chi connectivity index (χ1n) is 7.85. The predicted octanol–water partition coefficient (Wildman–Crippen LogP) is 0.887. The number of hydrogen-bond acceptors (Lipinski definition) is 5. The minimum absolute atomic E-state index is 0.00878. The lowest BCUT2D eigenvalue weighted by molar-refractivity contribution is -0.135. The van der Waals surface area contributed by atoms with Crippen molar-refractivity contribution in [3.63, 3.8) is 0 Å². The fourth-order valence-corrected chi connectivity index (χ4v) is 2.72. The Hall–Kier alpha value is -1.92. The largest absolute Gasteiger partial charge is 0.465 e. The van der Waals surface area contributed by atoms with Gasteiger partial charge in [-0.1, -0.05) is 12.1 Å². The first-order chi connectivity index (χ1) is 11.1. The summed E-state index contributed by atoms with van der Waals surface area (Å²) in [6.45, 7) is 2.05. The van der Waals surface area contributed by atoms with Crippen molar-refractivity contribution in [3.8, 4) is 0 Å². The van der Waals surface area contributed by atoms with Crippen molar-refractivity contribution in [3.05, 3.63) is 35.4 Å². The van der Waals surface area contributed by atoms with Crippen molar-refractivity contribution in [2.24, 2.45) is 11.1 Å². The van der Waals surface area contributed by atoms with E-state index in [1.807, 2.05) is 12.1 Å². The number of esters is 1. The number of benzene rings is 1. The Labute approximate surface area is 136 Å². The molecule has 2 rings (SSSR count). The quantitative estimate of drug-likeness (QED) is 0.760. The van der Waals surface area contributed by atoms with Crippen molar-refractivity contribution in [2.75, 3.05) is 33.4 Å². The average Bonchev–Trinajstić information content (AvgIpc) is 2.62. The number of nitrogens with one attached hydrogen (secondary N) is 1. The van der Waals surface area contributed by atoms with Crippen LogP contribution in [0, 0.1) is 5.41 Å². The molecule has 0 aliphatic carbocycles. The molecule has 0 radical (unpaired) electrons. The maximum absolute atomic E-state index is 12.4. The average molecular weight is 320 g/mol. The molecule has 1 aromatic carbocycles. The van der Waals surface area contributed by atoms with Gasteiger partial charge in [0.25, 0.3) is 0 Å². The zero-order chi connectivity index (χ0) is 16.7. The second-order valence-electron chi connectivity index (χ2n) is 5.79. The van der Waals surface area contributed by atoms with Crippen LogP contribution in [-0.4, -0.2) is 45.3 Å². The van der Waals surface area contributed by atoms with E-state index >= 15 is 0 Å². The van der Waals surface area contributed by atoms with E-state index in [1.165, 1.54) is 7.11 Å². The van der Waals surface area contributed by atoms with Gasteiger partial charge in [-0.05, 0) is 37.0 Å². The number of amides is 1. The van der Waals surface area contributed by atoms with Crippen LogP contribution in [0.25, 0.3) is 0 Å². The molecule has 3 N–H and O–H groups in total. The Morgan fingerprint density at radius 2 is 1.91 bits per heavy atom. The topological polar surface area (TPSA) is 90.7 Å². The number of rotatable bonds is 6. The van der Waals surface area contributed by atoms with E-state index in [4.69, 9.17) is 10.5 Å². The fourth-order valence-electron chi connectivity index (χ4n) is 2.72. The van der Waals surface area contributed by atoms with Gasteiger partial charge in [0, 0.05) is 26.3 Å². The maximum atomic E-state index is 12.4. The standard InChI is InChI=1S/C17H24N2O4/c1-22-15(20)14-4-2-13(3-5-14)6-9-19-16(21)17(12-18)7-10-23-11-8-17/h2-5H,6-12,18H2,1H3,(H,19,21). The molecule has 1 saturated heterocycles. The summed E-state index contributed by atoms with van der Waals surface area (Å²) in [4.78, 5) is 23.8. The lowest BCUT2D eigenvalue weighted by Gasteiger charge is -2.34. The van der Waals surface area contributed by atoms with Gasteiger partial charge in [-0.3, -0.25) is 4.79 Å². The van der Waals surface area contributed by atoms with Crippen molar-refractivity contribution in [1.82, 2.24) is 5.32 Å². The Morgan fingerprint density at radius 3 is 2.48 bits per heavy atom. The highest BCUT2D eigenvalue weighted by Crippen LogP contribution is 2.29. The maximum Gasteiger partial charge on any atom is 0.337 e. The minimum atomic E-state index is -0.493. The number of carbonyl (C=O) groups is 2. The summed E-state index contributed by atoms with van der Waals surface area (Å²) in [5.74, 6) is -0.344. The van der Waals surface area contributed by atoms with Gasteiger partial charge in [-0.2, -0.15) is 0 Å². The lowest BCUT2D eigenvalue weighted by Crippen LogP contribution is -2.49. The first kappa shape index (κ1) is 17.4. The SMILES string of the molecule is COC(=O)c1ccc(CCNC(=O)C2(CN)CCOCC2)cc1. The van der Waals surface area contributed by atoms with Crippen LogP contribution in [-0.2, 0) is 20.7 Å². The summed E-state index contributed by atoms with van der Waals surface area (Å²) >= 11 is 0. The summed E-state index contributed by atoms with van der Waals surface area (Å²) in [6, 6.07) is 7.18. The molecule has 1 aromatic rings. The molecule has 0 unspecified atom stereocenters. The first-order valence-corrected chi connectivity index (χ1v) is 7.85. The summed E-state index contributed by atoms with van der Waals surface area (Å²) in [6.07, 6.45) is 2.04. The van der Waals surface area contributed by atoms with Gasteiger partial charge in [0.1, 0.15) is 0 Å². The predicted molar refractivity (Wildman–Crippen MR) is 86.0 cm³/mol. The van der Waals surface area contributed by atoms with Crippen LogP contribution >= 0.6 is 0 Å². The molecule has 1 aliphatic rings. The van der Waals surface area contributed by atoms with E-state index in [-0.39, 0.29) is 11.9 Å². The molecule has 1 amide bonds. The highest BCUT2D eigenvalue weighted by atomic mass is 16.5. The minimum Gasteiger partial charge on any atom is -0.465 e. The highest BCUT2D eigenvalue weighted by Gasteiger charge is 2.38. The molecular formula is C17H24N2O4. The van der Waals surface area contributed by atoms with E-state index < -0.39 is 5.41 Å². The number of nitrogens with two attached hydrogens (primary N) is 1. The number of methoxy groups -OCH3 is 1. The number of ether oxygens (including phenoxy) is 2. The van der Waals surface area contributed by atoms with Crippen LogP contribution < -0.4 is 11.1 Å². The molecular weight excluding hydrogens is 296 g/mol. The van der Waals surface area contributed by atoms with E-state index in [9.17, 15) is 9.59 Å². The van der Waals surface area contributed by atoms with E-state index in [0.29, 0.717) is 51.1 Å². The van der Waals surface area contributed by atoms with Crippen molar-refractivity contribution >= 4 is 11.9 Å². The Balaban J connectivity index is 1.84. The third-order valence-corrected chi connectivity index (χ3v) is 4.40. The van der Waals surface area contributed by atoms with Gasteiger partial charge in [-0.15, -0.1) is 0 Å². The summed E-state index contributed by atoms with van der Waals surface area (Å²) < 4.78 is 9.98. The molecule has 1 aliphatic heterocycles. The van der Waals surface area contributed by atoms with Gasteiger partial charge in [-0.25, -0.2) is 4.79 Å². The van der Waals surface area contributed by atoms with Crippen LogP contribution in [0.4, 0.5) is 0 Å². The smallest absolute Gasteiger partial charge is 0.337 e. The molecule has 0 spiro atoms. The molecule has 0 saturated carbocycles. The molecule has 1 heterocycles. The van der Waals surface area contributed by atoms with Crippen molar-refractivity contribution < 1.29 is 19.1 Å².